The lowest BCUT2D eigenvalue weighted by atomic mass is 10.1. The molecule has 3 aromatic carbocycles. The fourth-order valence-electron chi connectivity index (χ4n) is 3.30. The minimum atomic E-state index is -0.554. The summed E-state index contributed by atoms with van der Waals surface area (Å²) in [5, 5.41) is 0.225. The number of hydrogen-bond acceptors (Lipinski definition) is 7. The zero-order valence-electron chi connectivity index (χ0n) is 18.8. The van der Waals surface area contributed by atoms with Crippen LogP contribution in [0.15, 0.2) is 71.6 Å². The molecule has 0 aromatic heterocycles. The van der Waals surface area contributed by atoms with E-state index in [0.29, 0.717) is 27.6 Å². The molecule has 1 aliphatic rings. The molecule has 0 aliphatic carbocycles. The Morgan fingerprint density at radius 2 is 1.66 bits per heavy atom. The van der Waals surface area contributed by atoms with E-state index in [1.165, 1.54) is 12.0 Å². The SMILES string of the molecule is COc1ccc(C(=O)Oc2ccc(/C=C3\SC(=O)N(Cc4ccc(Cl)cc4)C3=O)cc2OC)cc1. The smallest absolute Gasteiger partial charge is 0.343 e. The van der Waals surface area contributed by atoms with Gasteiger partial charge in [-0.05, 0) is 77.5 Å². The number of thioether (sulfide) groups is 1. The van der Waals surface area contributed by atoms with Crippen molar-refractivity contribution < 1.29 is 28.6 Å². The largest absolute Gasteiger partial charge is 0.497 e. The summed E-state index contributed by atoms with van der Waals surface area (Å²) >= 11 is 6.77. The number of benzene rings is 3. The number of carbonyl (C=O) groups is 3. The van der Waals surface area contributed by atoms with Crippen molar-refractivity contribution in [2.75, 3.05) is 14.2 Å². The third-order valence-electron chi connectivity index (χ3n) is 5.14. The first-order valence-corrected chi connectivity index (χ1v) is 11.6. The molecule has 0 bridgehead atoms. The van der Waals surface area contributed by atoms with E-state index in [0.717, 1.165) is 17.3 Å². The molecule has 1 aliphatic heterocycles. The molecule has 1 heterocycles. The van der Waals surface area contributed by atoms with Crippen molar-refractivity contribution in [3.8, 4) is 17.2 Å². The molecular weight excluding hydrogens is 490 g/mol. The van der Waals surface area contributed by atoms with Gasteiger partial charge in [0.05, 0.1) is 31.2 Å². The maximum absolute atomic E-state index is 12.8. The van der Waals surface area contributed by atoms with Crippen molar-refractivity contribution >= 4 is 46.6 Å². The number of rotatable bonds is 7. The minimum Gasteiger partial charge on any atom is -0.497 e. The number of halogens is 1. The Morgan fingerprint density at radius 1 is 0.943 bits per heavy atom. The van der Waals surface area contributed by atoms with Crippen molar-refractivity contribution in [1.82, 2.24) is 4.90 Å². The summed E-state index contributed by atoms with van der Waals surface area (Å²) in [5.74, 6) is 0.217. The van der Waals surface area contributed by atoms with Crippen molar-refractivity contribution in [2.45, 2.75) is 6.54 Å². The van der Waals surface area contributed by atoms with E-state index in [1.807, 2.05) is 0 Å². The Bertz CT molecular complexity index is 1300. The number of amides is 2. The minimum absolute atomic E-state index is 0.156. The summed E-state index contributed by atoms with van der Waals surface area (Å²) in [5.41, 5.74) is 1.76. The molecule has 35 heavy (non-hydrogen) atoms. The molecule has 2 amide bonds. The van der Waals surface area contributed by atoms with Gasteiger partial charge in [0.25, 0.3) is 11.1 Å². The number of imide groups is 1. The molecule has 1 fully saturated rings. The Labute approximate surface area is 211 Å². The van der Waals surface area contributed by atoms with Crippen LogP contribution in [0, 0.1) is 0 Å². The first-order chi connectivity index (χ1) is 16.9. The molecule has 0 atom stereocenters. The van der Waals surface area contributed by atoms with Crippen LogP contribution in [0.25, 0.3) is 6.08 Å². The van der Waals surface area contributed by atoms with Crippen molar-refractivity contribution in [1.29, 1.82) is 0 Å². The highest BCUT2D eigenvalue weighted by Crippen LogP contribution is 2.35. The number of methoxy groups -OCH3 is 2. The highest BCUT2D eigenvalue weighted by Gasteiger charge is 2.35. The zero-order chi connectivity index (χ0) is 24.9. The first kappa shape index (κ1) is 24.4. The average molecular weight is 510 g/mol. The van der Waals surface area contributed by atoms with Crippen LogP contribution < -0.4 is 14.2 Å². The van der Waals surface area contributed by atoms with E-state index in [-0.39, 0.29) is 28.3 Å². The lowest BCUT2D eigenvalue weighted by Crippen LogP contribution is -2.27. The molecule has 0 radical (unpaired) electrons. The van der Waals surface area contributed by atoms with Crippen LogP contribution in [-0.2, 0) is 11.3 Å². The second-order valence-electron chi connectivity index (χ2n) is 7.42. The zero-order valence-corrected chi connectivity index (χ0v) is 20.4. The lowest BCUT2D eigenvalue weighted by Gasteiger charge is -2.12. The second-order valence-corrected chi connectivity index (χ2v) is 8.85. The molecular formula is C26H20ClNO6S. The Hall–Kier alpha value is -3.75. The van der Waals surface area contributed by atoms with Gasteiger partial charge in [-0.25, -0.2) is 4.79 Å². The lowest BCUT2D eigenvalue weighted by molar-refractivity contribution is -0.123. The molecule has 1 saturated heterocycles. The number of ether oxygens (including phenoxy) is 3. The molecule has 9 heteroatoms. The predicted molar refractivity (Wildman–Crippen MR) is 134 cm³/mol. The van der Waals surface area contributed by atoms with E-state index in [2.05, 4.69) is 0 Å². The van der Waals surface area contributed by atoms with Gasteiger partial charge in [0.1, 0.15) is 5.75 Å². The van der Waals surface area contributed by atoms with Gasteiger partial charge in [-0.15, -0.1) is 0 Å². The third-order valence-corrected chi connectivity index (χ3v) is 6.30. The van der Waals surface area contributed by atoms with Crippen LogP contribution >= 0.6 is 23.4 Å². The van der Waals surface area contributed by atoms with E-state index >= 15 is 0 Å². The van der Waals surface area contributed by atoms with Gasteiger partial charge in [-0.3, -0.25) is 14.5 Å². The standard InChI is InChI=1S/C26H20ClNO6S/c1-32-20-10-6-18(7-11-20)25(30)34-21-12-5-17(13-22(21)33-2)14-23-24(29)28(26(31)35-23)15-16-3-8-19(27)9-4-16/h3-14H,15H2,1-2H3/b23-14-. The Balaban J connectivity index is 1.49. The van der Waals surface area contributed by atoms with Gasteiger partial charge in [0.15, 0.2) is 11.5 Å². The molecule has 0 spiro atoms. The fourth-order valence-corrected chi connectivity index (χ4v) is 4.27. The van der Waals surface area contributed by atoms with Crippen molar-refractivity contribution in [2.24, 2.45) is 0 Å². The van der Waals surface area contributed by atoms with Crippen LogP contribution in [0.5, 0.6) is 17.2 Å². The first-order valence-electron chi connectivity index (χ1n) is 10.4. The molecule has 0 unspecified atom stereocenters. The van der Waals surface area contributed by atoms with Gasteiger partial charge < -0.3 is 14.2 Å². The van der Waals surface area contributed by atoms with Crippen molar-refractivity contribution in [3.63, 3.8) is 0 Å². The highest BCUT2D eigenvalue weighted by molar-refractivity contribution is 8.18. The number of carbonyl (C=O) groups excluding carboxylic acids is 3. The molecule has 178 valence electrons. The van der Waals surface area contributed by atoms with Gasteiger partial charge in [-0.2, -0.15) is 0 Å². The molecule has 4 rings (SSSR count). The van der Waals surface area contributed by atoms with Crippen LogP contribution in [0.2, 0.25) is 5.02 Å². The summed E-state index contributed by atoms with van der Waals surface area (Å²) in [6.45, 7) is 0.156. The Morgan fingerprint density at radius 3 is 2.31 bits per heavy atom. The van der Waals surface area contributed by atoms with E-state index in [9.17, 15) is 14.4 Å². The summed E-state index contributed by atoms with van der Waals surface area (Å²) < 4.78 is 16.0. The monoisotopic (exact) mass is 509 g/mol. The summed E-state index contributed by atoms with van der Waals surface area (Å²) in [6.07, 6.45) is 1.60. The molecule has 0 N–H and O–H groups in total. The highest BCUT2D eigenvalue weighted by atomic mass is 35.5. The topological polar surface area (TPSA) is 82.1 Å². The maximum Gasteiger partial charge on any atom is 0.343 e. The van der Waals surface area contributed by atoms with E-state index < -0.39 is 5.97 Å². The summed E-state index contributed by atoms with van der Waals surface area (Å²) in [7, 11) is 2.99. The molecule has 0 saturated carbocycles. The predicted octanol–water partition coefficient (Wildman–Crippen LogP) is 5.81. The number of hydrogen-bond donors (Lipinski definition) is 0. The Kier molecular flexibility index (Phi) is 7.43. The van der Waals surface area contributed by atoms with Crippen LogP contribution in [-0.4, -0.2) is 36.2 Å². The molecule has 3 aromatic rings. The van der Waals surface area contributed by atoms with Crippen LogP contribution in [0.3, 0.4) is 0 Å². The average Bonchev–Trinajstić information content (AvgIpc) is 3.13. The number of esters is 1. The van der Waals surface area contributed by atoms with Gasteiger partial charge >= 0.3 is 5.97 Å². The number of nitrogens with zero attached hydrogens (tertiary/aromatic N) is 1. The third kappa shape index (κ3) is 5.67. The summed E-state index contributed by atoms with van der Waals surface area (Å²) in [6, 6.07) is 18.4. The normalized spacial score (nSPS) is 14.4. The molecule has 7 nitrogen and oxygen atoms in total. The van der Waals surface area contributed by atoms with E-state index in [4.69, 9.17) is 25.8 Å². The van der Waals surface area contributed by atoms with Crippen LogP contribution in [0.4, 0.5) is 4.79 Å². The second kappa shape index (κ2) is 10.7. The quantitative estimate of drug-likeness (QED) is 0.226. The van der Waals surface area contributed by atoms with Crippen LogP contribution in [0.1, 0.15) is 21.5 Å². The van der Waals surface area contributed by atoms with Crippen molar-refractivity contribution in [3.05, 3.63) is 93.3 Å². The van der Waals surface area contributed by atoms with Gasteiger partial charge in [0, 0.05) is 5.02 Å². The fraction of sp³-hybridized carbons (Fsp3) is 0.115. The summed E-state index contributed by atoms with van der Waals surface area (Å²) in [4.78, 5) is 39.3. The van der Waals surface area contributed by atoms with Gasteiger partial charge in [-0.1, -0.05) is 29.8 Å². The van der Waals surface area contributed by atoms with E-state index in [1.54, 1.807) is 79.9 Å². The van der Waals surface area contributed by atoms with Gasteiger partial charge in [0.2, 0.25) is 0 Å². The maximum atomic E-state index is 12.8.